The van der Waals surface area contributed by atoms with Gasteiger partial charge in [0.15, 0.2) is 0 Å². The molecule has 172 valence electrons. The van der Waals surface area contributed by atoms with E-state index in [0.29, 0.717) is 34.5 Å². The van der Waals surface area contributed by atoms with Crippen LogP contribution in [-0.4, -0.2) is 36.9 Å². The summed E-state index contributed by atoms with van der Waals surface area (Å²) in [6.07, 6.45) is 4.77. The number of hydrogen-bond acceptors (Lipinski definition) is 6. The van der Waals surface area contributed by atoms with E-state index in [1.54, 1.807) is 36.7 Å². The number of carboxylic acids is 1. The lowest BCUT2D eigenvalue weighted by Crippen LogP contribution is -2.12. The minimum atomic E-state index is -1.04. The van der Waals surface area contributed by atoms with Crippen molar-refractivity contribution < 1.29 is 14.7 Å². The number of carbonyl (C=O) groups is 2. The molecule has 4 N–H and O–H groups in total. The second-order valence-electron chi connectivity index (χ2n) is 7.75. The van der Waals surface area contributed by atoms with Gasteiger partial charge in [-0.1, -0.05) is 30.3 Å². The molecule has 0 aliphatic heterocycles. The number of aromatic carboxylic acids is 1. The Balaban J connectivity index is 1.28. The zero-order valence-corrected chi connectivity index (χ0v) is 18.4. The average Bonchev–Trinajstić information content (AvgIpc) is 3.42. The topological polar surface area (TPSA) is 133 Å². The maximum Gasteiger partial charge on any atom is 0.337 e. The third kappa shape index (κ3) is 4.69. The Labute approximate surface area is 199 Å². The van der Waals surface area contributed by atoms with Crippen molar-refractivity contribution in [3.05, 3.63) is 102 Å². The molecule has 9 nitrogen and oxygen atoms in total. The molecular weight excluding hydrogens is 444 g/mol. The molecule has 0 saturated heterocycles. The van der Waals surface area contributed by atoms with Gasteiger partial charge >= 0.3 is 5.97 Å². The van der Waals surface area contributed by atoms with Gasteiger partial charge in [0.1, 0.15) is 18.0 Å². The molecule has 1 amide bonds. The molecule has 0 aliphatic carbocycles. The summed E-state index contributed by atoms with van der Waals surface area (Å²) in [5, 5.41) is 16.2. The van der Waals surface area contributed by atoms with Crippen LogP contribution in [0.3, 0.4) is 0 Å². The van der Waals surface area contributed by atoms with Crippen molar-refractivity contribution in [1.29, 1.82) is 0 Å². The van der Waals surface area contributed by atoms with Gasteiger partial charge in [0.05, 0.1) is 11.1 Å². The van der Waals surface area contributed by atoms with Crippen molar-refractivity contribution >= 4 is 34.3 Å². The van der Waals surface area contributed by atoms with Crippen molar-refractivity contribution in [3.63, 3.8) is 0 Å². The van der Waals surface area contributed by atoms with Crippen LogP contribution in [-0.2, 0) is 6.54 Å². The van der Waals surface area contributed by atoms with Gasteiger partial charge < -0.3 is 20.7 Å². The summed E-state index contributed by atoms with van der Waals surface area (Å²) in [6.45, 7) is 0.422. The number of anilines is 2. The lowest BCUT2D eigenvalue weighted by Gasteiger charge is -2.11. The summed E-state index contributed by atoms with van der Waals surface area (Å²) in [7, 11) is 0. The van der Waals surface area contributed by atoms with Crippen molar-refractivity contribution in [2.24, 2.45) is 0 Å². The largest absolute Gasteiger partial charge is 0.478 e. The number of aromatic amines is 1. The molecular formula is C26H20N6O3. The van der Waals surface area contributed by atoms with Crippen LogP contribution in [0.5, 0.6) is 0 Å². The molecule has 2 heterocycles. The van der Waals surface area contributed by atoms with Crippen LogP contribution in [0.2, 0.25) is 0 Å². The number of carbonyl (C=O) groups excluding carboxylic acids is 1. The maximum absolute atomic E-state index is 12.7. The number of carboxylic acid groups (broad SMARTS) is 1. The Morgan fingerprint density at radius 3 is 2.54 bits per heavy atom. The van der Waals surface area contributed by atoms with Crippen LogP contribution in [0.1, 0.15) is 26.3 Å². The Bertz CT molecular complexity index is 1510. The zero-order chi connectivity index (χ0) is 24.2. The van der Waals surface area contributed by atoms with E-state index in [9.17, 15) is 14.7 Å². The average molecular weight is 464 g/mol. The van der Waals surface area contributed by atoms with Crippen LogP contribution in [0.15, 0.2) is 85.5 Å². The number of benzene rings is 3. The number of fused-ring (bicyclic) bond motifs is 1. The van der Waals surface area contributed by atoms with Crippen LogP contribution < -0.4 is 10.6 Å². The number of aromatic nitrogens is 4. The number of nitrogens with zero attached hydrogens (tertiary/aromatic N) is 3. The van der Waals surface area contributed by atoms with E-state index in [2.05, 4.69) is 30.6 Å². The predicted octanol–water partition coefficient (Wildman–Crippen LogP) is 4.58. The molecule has 0 unspecified atom stereocenters. The van der Waals surface area contributed by atoms with Crippen LogP contribution in [0.25, 0.3) is 22.3 Å². The van der Waals surface area contributed by atoms with Crippen LogP contribution in [0.4, 0.5) is 11.5 Å². The highest BCUT2D eigenvalue weighted by molar-refractivity contribution is 6.05. The fourth-order valence-corrected chi connectivity index (χ4v) is 3.75. The zero-order valence-electron chi connectivity index (χ0n) is 18.4. The van der Waals surface area contributed by atoms with E-state index in [4.69, 9.17) is 0 Å². The molecule has 0 bridgehead atoms. The minimum absolute atomic E-state index is 0.120. The summed E-state index contributed by atoms with van der Waals surface area (Å²) >= 11 is 0. The Morgan fingerprint density at radius 2 is 1.77 bits per heavy atom. The van der Waals surface area contributed by atoms with Gasteiger partial charge in [0.25, 0.3) is 5.91 Å². The fraction of sp³-hybridized carbons (Fsp3) is 0.0385. The highest BCUT2D eigenvalue weighted by Crippen LogP contribution is 2.23. The van der Waals surface area contributed by atoms with Gasteiger partial charge in [-0.3, -0.25) is 4.79 Å². The molecule has 3 aromatic carbocycles. The number of H-pyrrole nitrogens is 1. The summed E-state index contributed by atoms with van der Waals surface area (Å²) in [5.41, 5.74) is 3.49. The molecule has 0 fully saturated rings. The van der Waals surface area contributed by atoms with E-state index in [-0.39, 0.29) is 11.5 Å². The molecule has 2 aromatic heterocycles. The maximum atomic E-state index is 12.7. The normalized spacial score (nSPS) is 10.7. The van der Waals surface area contributed by atoms with Crippen molar-refractivity contribution in [2.75, 3.05) is 10.6 Å². The van der Waals surface area contributed by atoms with Gasteiger partial charge in [-0.05, 0) is 42.0 Å². The summed E-state index contributed by atoms with van der Waals surface area (Å²) < 4.78 is 0. The molecule has 5 aromatic rings. The van der Waals surface area contributed by atoms with E-state index >= 15 is 0 Å². The summed E-state index contributed by atoms with van der Waals surface area (Å²) in [5.74, 6) is 0.0143. The third-order valence-corrected chi connectivity index (χ3v) is 5.46. The van der Waals surface area contributed by atoms with Crippen LogP contribution in [0, 0.1) is 0 Å². The van der Waals surface area contributed by atoms with E-state index < -0.39 is 5.97 Å². The van der Waals surface area contributed by atoms with Crippen molar-refractivity contribution in [1.82, 2.24) is 19.9 Å². The molecule has 35 heavy (non-hydrogen) atoms. The monoisotopic (exact) mass is 464 g/mol. The Hall–Kier alpha value is -5.05. The third-order valence-electron chi connectivity index (χ3n) is 5.46. The lowest BCUT2D eigenvalue weighted by atomic mass is 10.1. The smallest absolute Gasteiger partial charge is 0.337 e. The van der Waals surface area contributed by atoms with Crippen molar-refractivity contribution in [2.45, 2.75) is 6.54 Å². The van der Waals surface area contributed by atoms with Gasteiger partial charge in [-0.15, -0.1) is 0 Å². The van der Waals surface area contributed by atoms with E-state index in [1.165, 1.54) is 12.4 Å². The molecule has 0 aliphatic rings. The van der Waals surface area contributed by atoms with Crippen molar-refractivity contribution in [3.8, 4) is 11.4 Å². The highest BCUT2D eigenvalue weighted by atomic mass is 16.4. The molecule has 0 saturated carbocycles. The summed E-state index contributed by atoms with van der Waals surface area (Å²) in [4.78, 5) is 39.8. The quantitative estimate of drug-likeness (QED) is 0.277. The Morgan fingerprint density at radius 1 is 0.943 bits per heavy atom. The second-order valence-corrected chi connectivity index (χ2v) is 7.75. The molecule has 0 spiro atoms. The lowest BCUT2D eigenvalue weighted by molar-refractivity contribution is 0.0698. The van der Waals surface area contributed by atoms with Crippen LogP contribution >= 0.6 is 0 Å². The highest BCUT2D eigenvalue weighted by Gasteiger charge is 2.12. The fourth-order valence-electron chi connectivity index (χ4n) is 3.75. The number of amides is 1. The standard InChI is InChI=1S/C26H20N6O3/c33-25(18-9-7-17(8-10-18)23-27-11-12-28-23)32-19-4-1-3-16(13-19)14-29-24-20-5-2-6-21(26(34)35)22(20)30-15-31-24/h1-13,15H,14H2,(H,27,28)(H,32,33)(H,34,35)(H,29,30,31). The van der Waals surface area contributed by atoms with E-state index in [0.717, 1.165) is 17.0 Å². The molecule has 0 radical (unpaired) electrons. The number of hydrogen-bond donors (Lipinski definition) is 4. The Kier molecular flexibility index (Phi) is 5.87. The molecule has 5 rings (SSSR count). The predicted molar refractivity (Wildman–Crippen MR) is 132 cm³/mol. The molecule has 9 heteroatoms. The first kappa shape index (κ1) is 21.8. The van der Waals surface area contributed by atoms with E-state index in [1.807, 2.05) is 36.4 Å². The SMILES string of the molecule is O=C(Nc1cccc(CNc2ncnc3c(C(=O)O)cccc23)c1)c1ccc(-c2ncc[nH]2)cc1. The van der Waals surface area contributed by atoms with Gasteiger partial charge in [-0.25, -0.2) is 19.7 Å². The number of nitrogens with one attached hydrogen (secondary N) is 3. The summed E-state index contributed by atoms with van der Waals surface area (Å²) in [6, 6.07) is 19.6. The second kappa shape index (κ2) is 9.44. The first-order valence-corrected chi connectivity index (χ1v) is 10.8. The minimum Gasteiger partial charge on any atom is -0.478 e. The van der Waals surface area contributed by atoms with Gasteiger partial charge in [-0.2, -0.15) is 0 Å². The van der Waals surface area contributed by atoms with Gasteiger partial charge in [0, 0.05) is 41.1 Å². The number of para-hydroxylation sites is 1. The number of rotatable bonds is 7. The number of imidazole rings is 1. The molecule has 0 atom stereocenters. The first-order chi connectivity index (χ1) is 17.1. The first-order valence-electron chi connectivity index (χ1n) is 10.8. The van der Waals surface area contributed by atoms with Gasteiger partial charge in [0.2, 0.25) is 0 Å².